The molecule has 0 spiro atoms. The number of aliphatic imine (C=N–C) groups is 1. The van der Waals surface area contributed by atoms with E-state index in [0.717, 1.165) is 16.9 Å². The molecular weight excluding hydrogens is 277 g/mol. The number of hydrogen-bond acceptors (Lipinski definition) is 4. The zero-order valence-electron chi connectivity index (χ0n) is 14.2. The molecule has 2 unspecified atom stereocenters. The maximum atomic E-state index is 6.07. The molecule has 2 aliphatic rings. The van der Waals surface area contributed by atoms with Gasteiger partial charge in [0.1, 0.15) is 6.10 Å². The van der Waals surface area contributed by atoms with Crippen LogP contribution in [0.25, 0.3) is 0 Å². The first kappa shape index (κ1) is 15.6. The van der Waals surface area contributed by atoms with Crippen LogP contribution in [0, 0.1) is 0 Å². The molecule has 2 atom stereocenters. The van der Waals surface area contributed by atoms with Gasteiger partial charge in [0, 0.05) is 5.56 Å². The van der Waals surface area contributed by atoms with Crippen molar-refractivity contribution in [2.45, 2.75) is 64.9 Å². The third-order valence-electron chi connectivity index (χ3n) is 4.98. The maximum absolute atomic E-state index is 6.07. The predicted octanol–water partition coefficient (Wildman–Crippen LogP) is 2.54. The molecule has 0 aromatic heterocycles. The lowest BCUT2D eigenvalue weighted by Crippen LogP contribution is -2.41. The molecule has 0 saturated carbocycles. The molecule has 2 heterocycles. The minimum Gasteiger partial charge on any atom is -0.472 e. The second-order valence-electron chi connectivity index (χ2n) is 7.21. The second kappa shape index (κ2) is 5.10. The van der Waals surface area contributed by atoms with Crippen molar-refractivity contribution >= 4 is 18.5 Å². The Kier molecular flexibility index (Phi) is 3.61. The summed E-state index contributed by atoms with van der Waals surface area (Å²) in [5.74, 6) is 0.723. The molecule has 2 aliphatic heterocycles. The first-order chi connectivity index (χ1) is 10.2. The Morgan fingerprint density at radius 2 is 1.50 bits per heavy atom. The van der Waals surface area contributed by atoms with E-state index < -0.39 is 0 Å². The fourth-order valence-corrected chi connectivity index (χ4v) is 2.50. The fourth-order valence-electron chi connectivity index (χ4n) is 2.50. The quantitative estimate of drug-likeness (QED) is 0.788. The van der Waals surface area contributed by atoms with E-state index in [2.05, 4.69) is 39.6 Å². The smallest absolute Gasteiger partial charge is 0.472 e. The number of nitrogens with zero attached hydrogens (tertiary/aromatic N) is 1. The van der Waals surface area contributed by atoms with E-state index in [-0.39, 0.29) is 30.5 Å². The van der Waals surface area contributed by atoms with Crippen molar-refractivity contribution in [3.63, 3.8) is 0 Å². The molecule has 1 fully saturated rings. The third-order valence-corrected chi connectivity index (χ3v) is 4.98. The minimum absolute atomic E-state index is 0.137. The van der Waals surface area contributed by atoms with Crippen LogP contribution in [0.4, 0.5) is 0 Å². The van der Waals surface area contributed by atoms with Gasteiger partial charge >= 0.3 is 7.12 Å². The Balaban J connectivity index is 1.78. The van der Waals surface area contributed by atoms with Crippen LogP contribution < -0.4 is 5.46 Å². The van der Waals surface area contributed by atoms with E-state index >= 15 is 0 Å². The summed E-state index contributed by atoms with van der Waals surface area (Å²) in [6.07, 6.45) is 0.137. The molecule has 118 valence electrons. The van der Waals surface area contributed by atoms with E-state index in [4.69, 9.17) is 14.0 Å². The van der Waals surface area contributed by atoms with Gasteiger partial charge < -0.3 is 14.0 Å². The molecule has 0 radical (unpaired) electrons. The van der Waals surface area contributed by atoms with Crippen LogP contribution in [0.5, 0.6) is 0 Å². The summed E-state index contributed by atoms with van der Waals surface area (Å²) in [5.41, 5.74) is 1.37. The van der Waals surface area contributed by atoms with Gasteiger partial charge in [0.15, 0.2) is 0 Å². The lowest BCUT2D eigenvalue weighted by atomic mass is 9.79. The van der Waals surface area contributed by atoms with E-state index in [1.165, 1.54) is 0 Å². The molecule has 1 aromatic rings. The first-order valence-corrected chi connectivity index (χ1v) is 7.90. The lowest BCUT2D eigenvalue weighted by Gasteiger charge is -2.32. The van der Waals surface area contributed by atoms with Gasteiger partial charge in [-0.1, -0.05) is 12.1 Å². The maximum Gasteiger partial charge on any atom is 0.494 e. The highest BCUT2D eigenvalue weighted by Gasteiger charge is 2.51. The predicted molar refractivity (Wildman–Crippen MR) is 88.7 cm³/mol. The largest absolute Gasteiger partial charge is 0.494 e. The zero-order valence-corrected chi connectivity index (χ0v) is 14.2. The Morgan fingerprint density at radius 3 is 1.95 bits per heavy atom. The summed E-state index contributed by atoms with van der Waals surface area (Å²) in [4.78, 5) is 4.55. The van der Waals surface area contributed by atoms with Crippen LogP contribution in [0.1, 0.15) is 47.1 Å². The van der Waals surface area contributed by atoms with Crippen LogP contribution in [-0.2, 0) is 14.0 Å². The summed E-state index contributed by atoms with van der Waals surface area (Å²) in [6, 6.07) is 8.29. The average Bonchev–Trinajstić information content (AvgIpc) is 2.87. The molecule has 0 amide bonds. The van der Waals surface area contributed by atoms with Gasteiger partial charge in [0.2, 0.25) is 5.90 Å². The van der Waals surface area contributed by atoms with E-state index in [1.54, 1.807) is 0 Å². The molecule has 1 saturated heterocycles. The molecule has 0 aliphatic carbocycles. The van der Waals surface area contributed by atoms with Gasteiger partial charge in [-0.25, -0.2) is 4.99 Å². The summed E-state index contributed by atoms with van der Waals surface area (Å²) in [7, 11) is -0.330. The highest BCUT2D eigenvalue weighted by atomic mass is 16.7. The fraction of sp³-hybridized carbons (Fsp3) is 0.588. The summed E-state index contributed by atoms with van der Waals surface area (Å²) < 4.78 is 17.9. The monoisotopic (exact) mass is 301 g/mol. The Hall–Kier alpha value is -1.33. The van der Waals surface area contributed by atoms with Crippen LogP contribution in [-0.4, -0.2) is 36.4 Å². The number of rotatable bonds is 2. The summed E-state index contributed by atoms with van der Waals surface area (Å²) >= 11 is 0. The van der Waals surface area contributed by atoms with Crippen molar-refractivity contribution in [2.75, 3.05) is 0 Å². The van der Waals surface area contributed by atoms with E-state index in [9.17, 15) is 0 Å². The molecule has 0 bridgehead atoms. The van der Waals surface area contributed by atoms with Crippen LogP contribution >= 0.6 is 0 Å². The molecule has 1 aromatic carbocycles. The Morgan fingerprint density at radius 1 is 0.955 bits per heavy atom. The van der Waals surface area contributed by atoms with Crippen molar-refractivity contribution in [2.24, 2.45) is 4.99 Å². The van der Waals surface area contributed by atoms with Crippen molar-refractivity contribution in [3.8, 4) is 0 Å². The third kappa shape index (κ3) is 2.57. The molecule has 0 N–H and O–H groups in total. The molecular formula is C17H24BNO3. The molecule has 22 heavy (non-hydrogen) atoms. The van der Waals surface area contributed by atoms with Gasteiger partial charge in [-0.05, 0) is 59.1 Å². The first-order valence-electron chi connectivity index (χ1n) is 7.90. The number of benzene rings is 1. The van der Waals surface area contributed by atoms with Crippen LogP contribution in [0.15, 0.2) is 29.3 Å². The van der Waals surface area contributed by atoms with E-state index in [0.29, 0.717) is 0 Å². The summed E-state index contributed by atoms with van der Waals surface area (Å²) in [5, 5.41) is 0. The van der Waals surface area contributed by atoms with Gasteiger partial charge in [0.05, 0.1) is 17.2 Å². The average molecular weight is 301 g/mol. The SMILES string of the molecule is CC1N=C(c2ccc(B3OC(C)(C)C(C)(C)O3)cc2)OC1C. The highest BCUT2D eigenvalue weighted by molar-refractivity contribution is 6.62. The standard InChI is InChI=1S/C17H24BNO3/c1-11-12(2)20-15(19-11)13-7-9-14(10-8-13)18-21-16(3,4)17(5,6)22-18/h7-12H,1-6H3. The van der Waals surface area contributed by atoms with Gasteiger partial charge in [-0.3, -0.25) is 0 Å². The Labute approximate surface area is 133 Å². The van der Waals surface area contributed by atoms with Crippen molar-refractivity contribution in [3.05, 3.63) is 29.8 Å². The topological polar surface area (TPSA) is 40.0 Å². The van der Waals surface area contributed by atoms with Crippen molar-refractivity contribution in [1.29, 1.82) is 0 Å². The van der Waals surface area contributed by atoms with Crippen molar-refractivity contribution < 1.29 is 14.0 Å². The van der Waals surface area contributed by atoms with Crippen LogP contribution in [0.2, 0.25) is 0 Å². The highest BCUT2D eigenvalue weighted by Crippen LogP contribution is 2.36. The lowest BCUT2D eigenvalue weighted by molar-refractivity contribution is 0.00578. The van der Waals surface area contributed by atoms with Crippen LogP contribution in [0.3, 0.4) is 0 Å². The molecule has 3 rings (SSSR count). The molecule has 4 nitrogen and oxygen atoms in total. The minimum atomic E-state index is -0.330. The number of hydrogen-bond donors (Lipinski definition) is 0. The van der Waals surface area contributed by atoms with Crippen molar-refractivity contribution in [1.82, 2.24) is 0 Å². The van der Waals surface area contributed by atoms with Gasteiger partial charge in [-0.15, -0.1) is 0 Å². The van der Waals surface area contributed by atoms with E-state index in [1.807, 2.05) is 31.2 Å². The second-order valence-corrected chi connectivity index (χ2v) is 7.21. The number of ether oxygens (including phenoxy) is 1. The zero-order chi connectivity index (χ0) is 16.1. The molecule has 5 heteroatoms. The summed E-state index contributed by atoms with van der Waals surface area (Å²) in [6.45, 7) is 12.4. The Bertz CT molecular complexity index is 578. The van der Waals surface area contributed by atoms with Gasteiger partial charge in [0.25, 0.3) is 0 Å². The normalized spacial score (nSPS) is 29.4. The van der Waals surface area contributed by atoms with Gasteiger partial charge in [-0.2, -0.15) is 0 Å².